The van der Waals surface area contributed by atoms with E-state index >= 15 is 0 Å². The summed E-state index contributed by atoms with van der Waals surface area (Å²) < 4.78 is 1.74. The number of H-pyrrole nitrogens is 1. The van der Waals surface area contributed by atoms with Crippen molar-refractivity contribution in [2.75, 3.05) is 20.6 Å². The van der Waals surface area contributed by atoms with Crippen LogP contribution in [0.5, 0.6) is 0 Å². The molecule has 7 heteroatoms. The van der Waals surface area contributed by atoms with Crippen molar-refractivity contribution in [3.05, 3.63) is 86.9 Å². The molecule has 0 aliphatic carbocycles. The third-order valence-electron chi connectivity index (χ3n) is 5.41. The summed E-state index contributed by atoms with van der Waals surface area (Å²) in [6.07, 6.45) is 2.61. The fraction of sp³-hybridized carbons (Fsp3) is 0.292. The maximum absolute atomic E-state index is 12.8. The number of nitrogens with zero attached hydrogens (tertiary/aromatic N) is 2. The zero-order valence-electron chi connectivity index (χ0n) is 18.1. The number of hydrogen-bond acceptors (Lipinski definition) is 4. The quantitative estimate of drug-likeness (QED) is 0.416. The monoisotopic (exact) mass is 436 g/mol. The fourth-order valence-corrected chi connectivity index (χ4v) is 3.82. The Hall–Kier alpha value is -3.03. The second kappa shape index (κ2) is 9.85. The summed E-state index contributed by atoms with van der Waals surface area (Å²) in [5.41, 5.74) is 3.24. The van der Waals surface area contributed by atoms with Crippen LogP contribution in [0.25, 0.3) is 10.9 Å². The van der Waals surface area contributed by atoms with E-state index in [9.17, 15) is 9.59 Å². The topological polar surface area (TPSA) is 70.1 Å². The number of aromatic nitrogens is 2. The molecular weight excluding hydrogens is 408 g/mol. The predicted molar refractivity (Wildman–Crippen MR) is 128 cm³/mol. The van der Waals surface area contributed by atoms with Crippen molar-refractivity contribution >= 4 is 29.0 Å². The van der Waals surface area contributed by atoms with Crippen molar-refractivity contribution in [1.82, 2.24) is 19.8 Å². The normalized spacial score (nSPS) is 12.1. The Morgan fingerprint density at radius 1 is 1.26 bits per heavy atom. The van der Waals surface area contributed by atoms with Gasteiger partial charge in [0.2, 0.25) is 0 Å². The Labute approximate surface area is 187 Å². The number of rotatable bonds is 8. The van der Waals surface area contributed by atoms with E-state index in [-0.39, 0.29) is 17.5 Å². The van der Waals surface area contributed by atoms with Gasteiger partial charge in [-0.25, -0.2) is 0 Å². The van der Waals surface area contributed by atoms with E-state index < -0.39 is 0 Å². The predicted octanol–water partition coefficient (Wildman–Crippen LogP) is 3.84. The van der Waals surface area contributed by atoms with Crippen LogP contribution in [0.1, 0.15) is 34.5 Å². The third-order valence-corrected chi connectivity index (χ3v) is 5.73. The molecule has 1 aromatic heterocycles. The lowest BCUT2D eigenvalue weighted by Crippen LogP contribution is -2.34. The molecule has 6 nitrogen and oxygen atoms in total. The first-order valence-corrected chi connectivity index (χ1v) is 10.7. The minimum atomic E-state index is -0.200. The molecule has 0 saturated heterocycles. The lowest BCUT2D eigenvalue weighted by atomic mass is 10.0. The Bertz CT molecular complexity index is 1210. The molecule has 0 saturated carbocycles. The van der Waals surface area contributed by atoms with E-state index in [1.165, 1.54) is 10.1 Å². The average molecular weight is 437 g/mol. The van der Waals surface area contributed by atoms with Gasteiger partial charge in [-0.1, -0.05) is 37.3 Å². The molecule has 3 aromatic rings. The first-order valence-electron chi connectivity index (χ1n) is 10.3. The average Bonchev–Trinajstić information content (AvgIpc) is 2.76. The maximum atomic E-state index is 12.8. The van der Waals surface area contributed by atoms with E-state index in [2.05, 4.69) is 53.0 Å². The summed E-state index contributed by atoms with van der Waals surface area (Å²) in [6.45, 7) is 6.58. The second-order valence-electron chi connectivity index (χ2n) is 7.68. The number of hydrogen-bond donors (Lipinski definition) is 2. The van der Waals surface area contributed by atoms with E-state index in [1.54, 1.807) is 24.3 Å². The number of fused-ring (bicyclic) bond motifs is 1. The first-order chi connectivity index (χ1) is 14.8. The van der Waals surface area contributed by atoms with Gasteiger partial charge in [-0.2, -0.15) is 0 Å². The van der Waals surface area contributed by atoms with Crippen molar-refractivity contribution in [3.8, 4) is 0 Å². The van der Waals surface area contributed by atoms with Crippen LogP contribution in [0, 0.1) is 4.77 Å². The maximum Gasteiger partial charge on any atom is 0.262 e. The van der Waals surface area contributed by atoms with E-state index in [0.717, 1.165) is 12.0 Å². The van der Waals surface area contributed by atoms with Crippen LogP contribution >= 0.6 is 12.2 Å². The summed E-state index contributed by atoms with van der Waals surface area (Å²) in [4.78, 5) is 30.6. The van der Waals surface area contributed by atoms with Crippen molar-refractivity contribution in [2.24, 2.45) is 0 Å². The molecule has 3 rings (SSSR count). The van der Waals surface area contributed by atoms with Crippen molar-refractivity contribution < 1.29 is 4.79 Å². The molecule has 0 aliphatic rings. The van der Waals surface area contributed by atoms with E-state index in [4.69, 9.17) is 12.2 Å². The number of carbonyl (C=O) groups excluding carboxylic acids is 1. The molecule has 31 heavy (non-hydrogen) atoms. The van der Waals surface area contributed by atoms with Crippen molar-refractivity contribution in [3.63, 3.8) is 0 Å². The molecule has 2 N–H and O–H groups in total. The van der Waals surface area contributed by atoms with Gasteiger partial charge in [0.15, 0.2) is 4.77 Å². The molecule has 0 spiro atoms. The zero-order chi connectivity index (χ0) is 22.5. The van der Waals surface area contributed by atoms with Gasteiger partial charge >= 0.3 is 0 Å². The smallest absolute Gasteiger partial charge is 0.262 e. The van der Waals surface area contributed by atoms with Crippen LogP contribution in [0.15, 0.2) is 59.9 Å². The van der Waals surface area contributed by atoms with Crippen LogP contribution in [-0.2, 0) is 13.0 Å². The molecular formula is C24H28N4O2S. The highest BCUT2D eigenvalue weighted by Crippen LogP contribution is 2.19. The van der Waals surface area contributed by atoms with Gasteiger partial charge in [0, 0.05) is 18.7 Å². The Morgan fingerprint density at radius 3 is 2.58 bits per heavy atom. The molecule has 162 valence electrons. The van der Waals surface area contributed by atoms with Crippen molar-refractivity contribution in [2.45, 2.75) is 25.9 Å². The van der Waals surface area contributed by atoms with Crippen LogP contribution in [-0.4, -0.2) is 41.0 Å². The summed E-state index contributed by atoms with van der Waals surface area (Å²) in [5.74, 6) is -0.200. The Kier molecular flexibility index (Phi) is 7.20. The molecule has 1 atom stereocenters. The zero-order valence-corrected chi connectivity index (χ0v) is 19.0. The van der Waals surface area contributed by atoms with E-state index in [1.807, 2.05) is 14.1 Å². The summed E-state index contributed by atoms with van der Waals surface area (Å²) >= 11 is 5.28. The molecule has 0 radical (unpaired) electrons. The lowest BCUT2D eigenvalue weighted by Gasteiger charge is -2.25. The number of amides is 1. The van der Waals surface area contributed by atoms with Gasteiger partial charge in [0.25, 0.3) is 11.5 Å². The standard InChI is InChI=1S/C24H28N4O2S/c1-5-13-28-23(30)19-12-11-18(14-20(19)26-24(28)31)22(29)25-15-21(27(3)4)17-9-7-16(6-2)8-10-17/h5,7-12,14,21H,1,6,13,15H2,2-4H3,(H,25,29)(H,26,31). The molecule has 0 fully saturated rings. The summed E-state index contributed by atoms with van der Waals surface area (Å²) in [6, 6.07) is 13.5. The van der Waals surface area contributed by atoms with Gasteiger partial charge in [-0.05, 0) is 62.1 Å². The summed E-state index contributed by atoms with van der Waals surface area (Å²) in [7, 11) is 3.99. The molecule has 1 amide bonds. The van der Waals surface area contributed by atoms with Crippen LogP contribution in [0.3, 0.4) is 0 Å². The molecule has 0 aliphatic heterocycles. The molecule has 1 heterocycles. The largest absolute Gasteiger partial charge is 0.350 e. The highest BCUT2D eigenvalue weighted by atomic mass is 32.1. The van der Waals surface area contributed by atoms with Crippen LogP contribution in [0.2, 0.25) is 0 Å². The Balaban J connectivity index is 1.81. The number of carbonyl (C=O) groups is 1. The van der Waals surface area contributed by atoms with Gasteiger partial charge in [0.05, 0.1) is 16.9 Å². The minimum Gasteiger partial charge on any atom is -0.350 e. The fourth-order valence-electron chi connectivity index (χ4n) is 3.56. The number of aryl methyl sites for hydroxylation is 1. The highest BCUT2D eigenvalue weighted by molar-refractivity contribution is 7.71. The first kappa shape index (κ1) is 22.7. The molecule has 1 unspecified atom stereocenters. The Morgan fingerprint density at radius 2 is 1.97 bits per heavy atom. The number of nitrogens with one attached hydrogen (secondary N) is 2. The SMILES string of the molecule is C=CCn1c(=S)[nH]c2cc(C(=O)NCC(c3ccc(CC)cc3)N(C)C)ccc2c1=O. The number of likely N-dealkylation sites (N-methyl/N-ethyl adjacent to an activating group) is 1. The third kappa shape index (κ3) is 5.00. The van der Waals surface area contributed by atoms with Crippen LogP contribution in [0.4, 0.5) is 0 Å². The number of allylic oxidation sites excluding steroid dienone is 1. The van der Waals surface area contributed by atoms with Gasteiger partial charge in [0.1, 0.15) is 0 Å². The minimum absolute atomic E-state index is 0.0484. The number of benzene rings is 2. The molecule has 2 aromatic carbocycles. The summed E-state index contributed by atoms with van der Waals surface area (Å²) in [5, 5.41) is 3.50. The van der Waals surface area contributed by atoms with Crippen LogP contribution < -0.4 is 10.9 Å². The number of aromatic amines is 1. The van der Waals surface area contributed by atoms with E-state index in [0.29, 0.717) is 34.3 Å². The van der Waals surface area contributed by atoms with Crippen molar-refractivity contribution in [1.29, 1.82) is 0 Å². The van der Waals surface area contributed by atoms with Gasteiger partial charge in [-0.15, -0.1) is 6.58 Å². The lowest BCUT2D eigenvalue weighted by molar-refractivity contribution is 0.0942. The highest BCUT2D eigenvalue weighted by Gasteiger charge is 2.16. The van der Waals surface area contributed by atoms with Gasteiger partial charge in [-0.3, -0.25) is 14.2 Å². The second-order valence-corrected chi connectivity index (χ2v) is 8.07. The van der Waals surface area contributed by atoms with Gasteiger partial charge < -0.3 is 15.2 Å². The molecule has 0 bridgehead atoms.